The molecular formula is C16H16N6O2. The molecule has 1 atom stereocenters. The van der Waals surface area contributed by atoms with E-state index in [1.807, 2.05) is 23.1 Å². The molecule has 8 heteroatoms. The number of anilines is 1. The Labute approximate surface area is 137 Å². The molecule has 1 aliphatic rings. The molecule has 1 aliphatic heterocycles. The van der Waals surface area contributed by atoms with E-state index in [0.717, 1.165) is 18.2 Å². The van der Waals surface area contributed by atoms with Crippen LogP contribution in [-0.4, -0.2) is 48.4 Å². The van der Waals surface area contributed by atoms with Crippen molar-refractivity contribution in [2.45, 2.75) is 25.3 Å². The smallest absolute Gasteiger partial charge is 0.326 e. The molecule has 0 aromatic carbocycles. The van der Waals surface area contributed by atoms with Crippen LogP contribution in [0.2, 0.25) is 0 Å². The van der Waals surface area contributed by atoms with Gasteiger partial charge >= 0.3 is 5.97 Å². The van der Waals surface area contributed by atoms with Crippen molar-refractivity contribution in [3.63, 3.8) is 0 Å². The summed E-state index contributed by atoms with van der Waals surface area (Å²) in [5.74, 6) is 0.457. The number of fused-ring (bicyclic) bond motifs is 1. The van der Waals surface area contributed by atoms with E-state index in [0.29, 0.717) is 30.2 Å². The zero-order valence-corrected chi connectivity index (χ0v) is 12.9. The number of carbonyl (C=O) groups is 1. The van der Waals surface area contributed by atoms with Crippen LogP contribution in [0.5, 0.6) is 0 Å². The predicted octanol–water partition coefficient (Wildman–Crippen LogP) is 1.65. The maximum Gasteiger partial charge on any atom is 0.326 e. The van der Waals surface area contributed by atoms with Crippen molar-refractivity contribution in [1.29, 1.82) is 0 Å². The van der Waals surface area contributed by atoms with Gasteiger partial charge in [0, 0.05) is 12.7 Å². The molecule has 122 valence electrons. The van der Waals surface area contributed by atoms with Crippen molar-refractivity contribution < 1.29 is 9.90 Å². The normalized spacial score (nSPS) is 18.0. The van der Waals surface area contributed by atoms with Crippen LogP contribution in [0.15, 0.2) is 36.9 Å². The second-order valence-electron chi connectivity index (χ2n) is 5.72. The topological polar surface area (TPSA) is 97.0 Å². The summed E-state index contributed by atoms with van der Waals surface area (Å²) < 4.78 is 1.64. The molecule has 3 aromatic heterocycles. The van der Waals surface area contributed by atoms with Gasteiger partial charge in [0.05, 0.1) is 11.6 Å². The minimum Gasteiger partial charge on any atom is -0.480 e. The lowest BCUT2D eigenvalue weighted by Gasteiger charge is -2.33. The summed E-state index contributed by atoms with van der Waals surface area (Å²) in [6.45, 7) is 0.665. The summed E-state index contributed by atoms with van der Waals surface area (Å²) in [5.41, 5.74) is 0.619. The predicted molar refractivity (Wildman–Crippen MR) is 87.1 cm³/mol. The molecule has 1 unspecified atom stereocenters. The van der Waals surface area contributed by atoms with E-state index in [9.17, 15) is 9.90 Å². The van der Waals surface area contributed by atoms with Gasteiger partial charge in [-0.1, -0.05) is 6.07 Å². The highest BCUT2D eigenvalue weighted by Crippen LogP contribution is 2.29. The van der Waals surface area contributed by atoms with Gasteiger partial charge in [-0.15, -0.1) is 0 Å². The minimum absolute atomic E-state index is 0.560. The van der Waals surface area contributed by atoms with E-state index in [-0.39, 0.29) is 0 Å². The fraction of sp³-hybridized carbons (Fsp3) is 0.312. The number of hydrogen-bond donors (Lipinski definition) is 1. The van der Waals surface area contributed by atoms with Crippen molar-refractivity contribution in [2.75, 3.05) is 11.4 Å². The van der Waals surface area contributed by atoms with Crippen molar-refractivity contribution >= 4 is 22.8 Å². The Morgan fingerprint density at radius 1 is 1.21 bits per heavy atom. The molecule has 0 saturated carbocycles. The molecule has 4 rings (SSSR count). The molecule has 8 nitrogen and oxygen atoms in total. The van der Waals surface area contributed by atoms with Crippen LogP contribution in [0.3, 0.4) is 0 Å². The fourth-order valence-electron chi connectivity index (χ4n) is 3.15. The Morgan fingerprint density at radius 3 is 2.92 bits per heavy atom. The zero-order chi connectivity index (χ0) is 16.5. The molecule has 0 bridgehead atoms. The molecule has 1 fully saturated rings. The van der Waals surface area contributed by atoms with Crippen LogP contribution in [0.4, 0.5) is 5.82 Å². The maximum absolute atomic E-state index is 11.6. The van der Waals surface area contributed by atoms with Crippen molar-refractivity contribution in [1.82, 2.24) is 24.7 Å². The van der Waals surface area contributed by atoms with Crippen LogP contribution in [0.25, 0.3) is 16.9 Å². The lowest BCUT2D eigenvalue weighted by atomic mass is 10.0. The molecule has 0 aliphatic carbocycles. The van der Waals surface area contributed by atoms with Gasteiger partial charge in [-0.2, -0.15) is 9.78 Å². The number of rotatable bonds is 3. The van der Waals surface area contributed by atoms with E-state index in [2.05, 4.69) is 20.1 Å². The van der Waals surface area contributed by atoms with Crippen molar-refractivity contribution in [3.05, 3.63) is 36.9 Å². The van der Waals surface area contributed by atoms with Gasteiger partial charge in [0.1, 0.15) is 18.2 Å². The summed E-state index contributed by atoms with van der Waals surface area (Å²) in [4.78, 5) is 26.4. The van der Waals surface area contributed by atoms with Crippen molar-refractivity contribution in [2.24, 2.45) is 0 Å². The molecule has 0 amide bonds. The number of piperidine rings is 1. The first-order valence-corrected chi connectivity index (χ1v) is 7.85. The Morgan fingerprint density at radius 2 is 2.12 bits per heavy atom. The number of pyridine rings is 1. The molecular weight excluding hydrogens is 308 g/mol. The molecule has 3 aromatic rings. The Bertz CT molecular complexity index is 879. The van der Waals surface area contributed by atoms with Gasteiger partial charge < -0.3 is 10.0 Å². The zero-order valence-electron chi connectivity index (χ0n) is 12.9. The van der Waals surface area contributed by atoms with Gasteiger partial charge in [0.25, 0.3) is 0 Å². The van der Waals surface area contributed by atoms with Gasteiger partial charge in [-0.05, 0) is 31.4 Å². The Balaban J connectivity index is 1.83. The lowest BCUT2D eigenvalue weighted by molar-refractivity contribution is -0.139. The van der Waals surface area contributed by atoms with Gasteiger partial charge in [0.15, 0.2) is 11.5 Å². The Kier molecular flexibility index (Phi) is 3.56. The average Bonchev–Trinajstić information content (AvgIpc) is 3.06. The second kappa shape index (κ2) is 5.88. The summed E-state index contributed by atoms with van der Waals surface area (Å²) in [7, 11) is 0. The first-order chi connectivity index (χ1) is 11.8. The number of nitrogens with zero attached hydrogens (tertiary/aromatic N) is 6. The summed E-state index contributed by atoms with van der Waals surface area (Å²) >= 11 is 0. The van der Waals surface area contributed by atoms with Crippen LogP contribution in [0, 0.1) is 0 Å². The highest BCUT2D eigenvalue weighted by molar-refractivity contribution is 5.90. The van der Waals surface area contributed by atoms with E-state index in [4.69, 9.17) is 0 Å². The quantitative estimate of drug-likeness (QED) is 0.782. The molecule has 4 heterocycles. The fourth-order valence-corrected chi connectivity index (χ4v) is 3.15. The van der Waals surface area contributed by atoms with E-state index in [1.165, 1.54) is 6.33 Å². The average molecular weight is 324 g/mol. The third kappa shape index (κ3) is 2.36. The summed E-state index contributed by atoms with van der Waals surface area (Å²) in [5, 5.41) is 14.6. The minimum atomic E-state index is -0.821. The van der Waals surface area contributed by atoms with Crippen LogP contribution in [0.1, 0.15) is 19.3 Å². The molecule has 0 radical (unpaired) electrons. The van der Waals surface area contributed by atoms with E-state index in [1.54, 1.807) is 17.1 Å². The highest BCUT2D eigenvalue weighted by atomic mass is 16.4. The SMILES string of the molecule is O=C(O)C1CCCCN1c1ncnc2c1cnn2-c1ccccn1. The second-order valence-corrected chi connectivity index (χ2v) is 5.72. The number of hydrogen-bond acceptors (Lipinski definition) is 6. The standard InChI is InChI=1S/C16H16N6O2/c23-16(24)12-5-2-4-8-21(12)14-11-9-20-22(15(11)19-10-18-14)13-6-1-3-7-17-13/h1,3,6-7,9-10,12H,2,4-5,8H2,(H,23,24). The van der Waals surface area contributed by atoms with Crippen LogP contribution < -0.4 is 4.90 Å². The summed E-state index contributed by atoms with van der Waals surface area (Å²) in [6.07, 6.45) is 7.29. The van der Waals surface area contributed by atoms with Gasteiger partial charge in [-0.25, -0.2) is 19.7 Å². The van der Waals surface area contributed by atoms with E-state index >= 15 is 0 Å². The molecule has 1 saturated heterocycles. The number of aromatic nitrogens is 5. The largest absolute Gasteiger partial charge is 0.480 e. The van der Waals surface area contributed by atoms with E-state index < -0.39 is 12.0 Å². The monoisotopic (exact) mass is 324 g/mol. The molecule has 1 N–H and O–H groups in total. The van der Waals surface area contributed by atoms with Crippen molar-refractivity contribution in [3.8, 4) is 5.82 Å². The van der Waals surface area contributed by atoms with Gasteiger partial charge in [-0.3, -0.25) is 0 Å². The third-order valence-corrected chi connectivity index (χ3v) is 4.27. The third-order valence-electron chi connectivity index (χ3n) is 4.27. The Hall–Kier alpha value is -3.03. The number of aliphatic carboxylic acids is 1. The molecule has 24 heavy (non-hydrogen) atoms. The highest BCUT2D eigenvalue weighted by Gasteiger charge is 2.31. The van der Waals surface area contributed by atoms with Crippen LogP contribution >= 0.6 is 0 Å². The first-order valence-electron chi connectivity index (χ1n) is 7.85. The maximum atomic E-state index is 11.6. The lowest BCUT2D eigenvalue weighted by Crippen LogP contribution is -2.45. The molecule has 0 spiro atoms. The number of carboxylic acids is 1. The van der Waals surface area contributed by atoms with Gasteiger partial charge in [0.2, 0.25) is 0 Å². The number of carboxylic acid groups (broad SMARTS) is 1. The van der Waals surface area contributed by atoms with Crippen LogP contribution in [-0.2, 0) is 4.79 Å². The first kappa shape index (κ1) is 14.6. The summed E-state index contributed by atoms with van der Waals surface area (Å²) in [6, 6.07) is 4.99.